The monoisotopic (exact) mass is 249 g/mol. The lowest BCUT2D eigenvalue weighted by atomic mass is 10.3. The molecule has 1 aromatic heterocycles. The van der Waals surface area contributed by atoms with Crippen LogP contribution in [-0.2, 0) is 6.42 Å². The van der Waals surface area contributed by atoms with Gasteiger partial charge in [0.15, 0.2) is 0 Å². The van der Waals surface area contributed by atoms with Crippen LogP contribution >= 0.6 is 0 Å². The standard InChI is InChI=1S/C14H23N3O/c1-3-5-12-16-13(15-4-2)10-14(17-12)18-9-8-11-6-7-11/h10-11H,3-9H2,1-2H3,(H,15,16,17). The number of hydrogen-bond acceptors (Lipinski definition) is 4. The minimum atomic E-state index is 0.713. The molecule has 0 aliphatic heterocycles. The molecule has 0 unspecified atom stereocenters. The topological polar surface area (TPSA) is 47.0 Å². The van der Waals surface area contributed by atoms with E-state index in [9.17, 15) is 0 Å². The quantitative estimate of drug-likeness (QED) is 0.769. The number of nitrogens with one attached hydrogen (secondary N) is 1. The zero-order valence-electron chi connectivity index (χ0n) is 11.4. The van der Waals surface area contributed by atoms with E-state index < -0.39 is 0 Å². The molecule has 0 bridgehead atoms. The Morgan fingerprint density at radius 1 is 1.33 bits per heavy atom. The van der Waals surface area contributed by atoms with Crippen molar-refractivity contribution in [3.05, 3.63) is 11.9 Å². The van der Waals surface area contributed by atoms with Crippen LogP contribution < -0.4 is 10.1 Å². The highest BCUT2D eigenvalue weighted by Gasteiger charge is 2.20. The molecular weight excluding hydrogens is 226 g/mol. The van der Waals surface area contributed by atoms with Crippen molar-refractivity contribution in [1.29, 1.82) is 0 Å². The van der Waals surface area contributed by atoms with E-state index in [0.29, 0.717) is 5.88 Å². The summed E-state index contributed by atoms with van der Waals surface area (Å²) in [5.41, 5.74) is 0. The van der Waals surface area contributed by atoms with Crippen LogP contribution in [0.3, 0.4) is 0 Å². The van der Waals surface area contributed by atoms with Crippen LogP contribution in [0.15, 0.2) is 6.07 Å². The van der Waals surface area contributed by atoms with E-state index in [2.05, 4.69) is 29.1 Å². The van der Waals surface area contributed by atoms with E-state index in [1.165, 1.54) is 12.8 Å². The summed E-state index contributed by atoms with van der Waals surface area (Å²) in [7, 11) is 0. The Morgan fingerprint density at radius 3 is 2.83 bits per heavy atom. The number of aromatic nitrogens is 2. The predicted molar refractivity (Wildman–Crippen MR) is 73.0 cm³/mol. The first kappa shape index (κ1) is 13.1. The van der Waals surface area contributed by atoms with Gasteiger partial charge in [-0.1, -0.05) is 19.8 Å². The van der Waals surface area contributed by atoms with Crippen molar-refractivity contribution >= 4 is 5.82 Å². The largest absolute Gasteiger partial charge is 0.478 e. The van der Waals surface area contributed by atoms with Crippen LogP contribution in [0.5, 0.6) is 5.88 Å². The number of anilines is 1. The second kappa shape index (κ2) is 6.57. The highest BCUT2D eigenvalue weighted by Crippen LogP contribution is 2.32. The van der Waals surface area contributed by atoms with Gasteiger partial charge < -0.3 is 10.1 Å². The highest BCUT2D eigenvalue weighted by molar-refractivity contribution is 5.38. The second-order valence-electron chi connectivity index (χ2n) is 4.87. The summed E-state index contributed by atoms with van der Waals surface area (Å²) >= 11 is 0. The van der Waals surface area contributed by atoms with Crippen molar-refractivity contribution in [3.63, 3.8) is 0 Å². The van der Waals surface area contributed by atoms with Gasteiger partial charge in [0.1, 0.15) is 11.6 Å². The smallest absolute Gasteiger partial charge is 0.218 e. The normalized spacial score (nSPS) is 14.6. The summed E-state index contributed by atoms with van der Waals surface area (Å²) in [4.78, 5) is 8.92. The lowest BCUT2D eigenvalue weighted by molar-refractivity contribution is 0.290. The summed E-state index contributed by atoms with van der Waals surface area (Å²) < 4.78 is 5.74. The molecule has 4 nitrogen and oxygen atoms in total. The molecule has 0 saturated heterocycles. The van der Waals surface area contributed by atoms with Crippen LogP contribution in [0.25, 0.3) is 0 Å². The first-order chi connectivity index (χ1) is 8.81. The van der Waals surface area contributed by atoms with Crippen molar-refractivity contribution in [2.24, 2.45) is 5.92 Å². The van der Waals surface area contributed by atoms with Crippen LogP contribution in [0.2, 0.25) is 0 Å². The lowest BCUT2D eigenvalue weighted by Crippen LogP contribution is -2.07. The second-order valence-corrected chi connectivity index (χ2v) is 4.87. The minimum absolute atomic E-state index is 0.713. The lowest BCUT2D eigenvalue weighted by Gasteiger charge is -2.09. The molecular formula is C14H23N3O. The Labute approximate surface area is 109 Å². The van der Waals surface area contributed by atoms with Crippen molar-refractivity contribution in [1.82, 2.24) is 9.97 Å². The number of rotatable bonds is 8. The number of hydrogen-bond donors (Lipinski definition) is 1. The molecule has 1 aromatic rings. The molecule has 4 heteroatoms. The summed E-state index contributed by atoms with van der Waals surface area (Å²) in [5, 5.41) is 3.23. The maximum atomic E-state index is 5.74. The van der Waals surface area contributed by atoms with Crippen LogP contribution in [-0.4, -0.2) is 23.1 Å². The van der Waals surface area contributed by atoms with Crippen molar-refractivity contribution in [2.45, 2.75) is 46.0 Å². The van der Waals surface area contributed by atoms with Gasteiger partial charge in [0.05, 0.1) is 6.61 Å². The van der Waals surface area contributed by atoms with Crippen LogP contribution in [0, 0.1) is 5.92 Å². The third kappa shape index (κ3) is 4.17. The molecule has 0 amide bonds. The first-order valence-corrected chi connectivity index (χ1v) is 7.06. The SMILES string of the molecule is CCCc1nc(NCC)cc(OCCC2CC2)n1. The van der Waals surface area contributed by atoms with Gasteiger partial charge in [-0.3, -0.25) is 0 Å². The summed E-state index contributed by atoms with van der Waals surface area (Å²) in [5.74, 6) is 3.36. The zero-order valence-corrected chi connectivity index (χ0v) is 11.4. The molecule has 18 heavy (non-hydrogen) atoms. The van der Waals surface area contributed by atoms with Gasteiger partial charge in [-0.25, -0.2) is 4.98 Å². The molecule has 1 heterocycles. The van der Waals surface area contributed by atoms with Gasteiger partial charge in [-0.2, -0.15) is 4.98 Å². The van der Waals surface area contributed by atoms with E-state index in [1.807, 2.05) is 6.07 Å². The van der Waals surface area contributed by atoms with E-state index in [1.54, 1.807) is 0 Å². The van der Waals surface area contributed by atoms with Crippen molar-refractivity contribution in [3.8, 4) is 5.88 Å². The molecule has 1 aliphatic rings. The molecule has 0 spiro atoms. The Bertz CT molecular complexity index is 353. The zero-order chi connectivity index (χ0) is 12.8. The summed E-state index contributed by atoms with van der Waals surface area (Å²) in [6, 6.07) is 1.90. The fourth-order valence-corrected chi connectivity index (χ4v) is 1.89. The Kier molecular flexibility index (Phi) is 4.79. The Morgan fingerprint density at radius 2 is 2.17 bits per heavy atom. The molecule has 2 rings (SSSR count). The fourth-order valence-electron chi connectivity index (χ4n) is 1.89. The van der Waals surface area contributed by atoms with Gasteiger partial charge in [-0.05, 0) is 25.7 Å². The number of ether oxygens (including phenoxy) is 1. The Balaban J connectivity index is 1.96. The average molecular weight is 249 g/mol. The molecule has 0 radical (unpaired) electrons. The maximum absolute atomic E-state index is 5.74. The van der Waals surface area contributed by atoms with E-state index in [4.69, 9.17) is 4.74 Å². The molecule has 1 saturated carbocycles. The van der Waals surface area contributed by atoms with E-state index in [0.717, 1.165) is 50.0 Å². The molecule has 1 aliphatic carbocycles. The van der Waals surface area contributed by atoms with E-state index >= 15 is 0 Å². The third-order valence-electron chi connectivity index (χ3n) is 3.05. The minimum Gasteiger partial charge on any atom is -0.478 e. The van der Waals surface area contributed by atoms with Crippen molar-refractivity contribution < 1.29 is 4.74 Å². The van der Waals surface area contributed by atoms with Gasteiger partial charge in [0.2, 0.25) is 5.88 Å². The van der Waals surface area contributed by atoms with Crippen molar-refractivity contribution in [2.75, 3.05) is 18.5 Å². The van der Waals surface area contributed by atoms with Crippen LogP contribution in [0.4, 0.5) is 5.82 Å². The van der Waals surface area contributed by atoms with Crippen LogP contribution in [0.1, 0.15) is 45.4 Å². The summed E-state index contributed by atoms with van der Waals surface area (Å²) in [6.45, 7) is 5.84. The number of nitrogens with zero attached hydrogens (tertiary/aromatic N) is 2. The average Bonchev–Trinajstić information content (AvgIpc) is 3.14. The molecule has 1 N–H and O–H groups in total. The highest BCUT2D eigenvalue weighted by atomic mass is 16.5. The Hall–Kier alpha value is -1.32. The molecule has 1 fully saturated rings. The maximum Gasteiger partial charge on any atom is 0.218 e. The molecule has 0 aromatic carbocycles. The van der Waals surface area contributed by atoms with Gasteiger partial charge >= 0.3 is 0 Å². The summed E-state index contributed by atoms with van der Waals surface area (Å²) in [6.07, 6.45) is 5.85. The van der Waals surface area contributed by atoms with E-state index in [-0.39, 0.29) is 0 Å². The third-order valence-corrected chi connectivity index (χ3v) is 3.05. The fraction of sp³-hybridized carbons (Fsp3) is 0.714. The molecule has 100 valence electrons. The predicted octanol–water partition coefficient (Wildman–Crippen LogP) is 3.04. The van der Waals surface area contributed by atoms with Gasteiger partial charge in [0, 0.05) is 19.0 Å². The molecule has 0 atom stereocenters. The number of aryl methyl sites for hydroxylation is 1. The van der Waals surface area contributed by atoms with Gasteiger partial charge in [-0.15, -0.1) is 0 Å². The first-order valence-electron chi connectivity index (χ1n) is 7.06. The van der Waals surface area contributed by atoms with Gasteiger partial charge in [0.25, 0.3) is 0 Å².